The monoisotopic (exact) mass is 272 g/mol. The van der Waals surface area contributed by atoms with Gasteiger partial charge in [-0.1, -0.05) is 6.08 Å². The molecule has 0 aliphatic carbocycles. The SMILES string of the molecule is C/C=C/Nc1[nH]c(=O)ccc1C(=O)c1ccc(F)cc1. The summed E-state index contributed by atoms with van der Waals surface area (Å²) in [5.74, 6) is -0.395. The second-order valence-electron chi connectivity index (χ2n) is 4.09. The van der Waals surface area contributed by atoms with E-state index in [4.69, 9.17) is 0 Å². The Morgan fingerprint density at radius 3 is 2.55 bits per heavy atom. The van der Waals surface area contributed by atoms with Crippen molar-refractivity contribution >= 4 is 11.6 Å². The van der Waals surface area contributed by atoms with Crippen LogP contribution in [0.4, 0.5) is 10.2 Å². The molecule has 2 N–H and O–H groups in total. The molecule has 5 heteroatoms. The fourth-order valence-electron chi connectivity index (χ4n) is 1.70. The van der Waals surface area contributed by atoms with Gasteiger partial charge in [-0.05, 0) is 43.5 Å². The maximum atomic E-state index is 12.9. The van der Waals surface area contributed by atoms with Crippen LogP contribution in [0.1, 0.15) is 22.8 Å². The van der Waals surface area contributed by atoms with Crippen molar-refractivity contribution in [1.29, 1.82) is 0 Å². The highest BCUT2D eigenvalue weighted by molar-refractivity contribution is 6.11. The number of allylic oxidation sites excluding steroid dienone is 1. The fourth-order valence-corrected chi connectivity index (χ4v) is 1.70. The largest absolute Gasteiger partial charge is 0.348 e. The van der Waals surface area contributed by atoms with Gasteiger partial charge in [0.15, 0.2) is 5.78 Å². The number of aromatic amines is 1. The van der Waals surface area contributed by atoms with E-state index in [1.165, 1.54) is 36.4 Å². The van der Waals surface area contributed by atoms with Crippen LogP contribution >= 0.6 is 0 Å². The average Bonchev–Trinajstić information content (AvgIpc) is 2.45. The number of aromatic nitrogens is 1. The number of carbonyl (C=O) groups excluding carboxylic acids is 1. The predicted molar refractivity (Wildman–Crippen MR) is 75.3 cm³/mol. The summed E-state index contributed by atoms with van der Waals surface area (Å²) in [5.41, 5.74) is 0.351. The zero-order valence-electron chi connectivity index (χ0n) is 10.8. The van der Waals surface area contributed by atoms with Gasteiger partial charge in [0.25, 0.3) is 0 Å². The Labute approximate surface area is 115 Å². The Kier molecular flexibility index (Phi) is 4.10. The van der Waals surface area contributed by atoms with Gasteiger partial charge in [-0.15, -0.1) is 0 Å². The van der Waals surface area contributed by atoms with E-state index in [2.05, 4.69) is 10.3 Å². The topological polar surface area (TPSA) is 62.0 Å². The van der Waals surface area contributed by atoms with E-state index in [0.29, 0.717) is 16.9 Å². The molecule has 1 aromatic carbocycles. The summed E-state index contributed by atoms with van der Waals surface area (Å²) >= 11 is 0. The van der Waals surface area contributed by atoms with E-state index in [1.807, 2.05) is 0 Å². The number of anilines is 1. The Morgan fingerprint density at radius 1 is 1.20 bits per heavy atom. The summed E-state index contributed by atoms with van der Waals surface area (Å²) in [5, 5.41) is 2.83. The summed E-state index contributed by atoms with van der Waals surface area (Å²) in [6.45, 7) is 1.80. The second kappa shape index (κ2) is 5.97. The minimum Gasteiger partial charge on any atom is -0.348 e. The molecule has 2 rings (SSSR count). The van der Waals surface area contributed by atoms with Crippen molar-refractivity contribution < 1.29 is 9.18 Å². The lowest BCUT2D eigenvalue weighted by molar-refractivity contribution is 0.103. The van der Waals surface area contributed by atoms with Crippen LogP contribution in [0.2, 0.25) is 0 Å². The van der Waals surface area contributed by atoms with Crippen LogP contribution in [0.5, 0.6) is 0 Å². The first-order valence-corrected chi connectivity index (χ1v) is 6.03. The molecule has 0 radical (unpaired) electrons. The first-order chi connectivity index (χ1) is 9.61. The normalized spacial score (nSPS) is 10.7. The predicted octanol–water partition coefficient (Wildman–Crippen LogP) is 2.69. The van der Waals surface area contributed by atoms with Crippen LogP contribution in [-0.4, -0.2) is 10.8 Å². The summed E-state index contributed by atoms with van der Waals surface area (Å²) in [6.07, 6.45) is 3.34. The number of rotatable bonds is 4. The summed E-state index contributed by atoms with van der Waals surface area (Å²) < 4.78 is 12.9. The van der Waals surface area contributed by atoms with Gasteiger partial charge < -0.3 is 10.3 Å². The van der Waals surface area contributed by atoms with E-state index >= 15 is 0 Å². The number of H-pyrrole nitrogens is 1. The summed E-state index contributed by atoms with van der Waals surface area (Å²) in [7, 11) is 0. The molecule has 20 heavy (non-hydrogen) atoms. The second-order valence-corrected chi connectivity index (χ2v) is 4.09. The van der Waals surface area contributed by atoms with Gasteiger partial charge in [0.05, 0.1) is 5.56 Å². The molecular formula is C15H13FN2O2. The molecule has 0 amide bonds. The van der Waals surface area contributed by atoms with Gasteiger partial charge in [-0.2, -0.15) is 0 Å². The molecular weight excluding hydrogens is 259 g/mol. The molecule has 0 spiro atoms. The number of halogens is 1. The van der Waals surface area contributed by atoms with Gasteiger partial charge in [0.2, 0.25) is 5.56 Å². The molecule has 0 fully saturated rings. The quantitative estimate of drug-likeness (QED) is 0.841. The lowest BCUT2D eigenvalue weighted by Crippen LogP contribution is -2.13. The molecule has 0 unspecified atom stereocenters. The molecule has 1 aromatic heterocycles. The van der Waals surface area contributed by atoms with Crippen LogP contribution in [-0.2, 0) is 0 Å². The van der Waals surface area contributed by atoms with Crippen LogP contribution in [0, 0.1) is 5.82 Å². The number of pyridine rings is 1. The molecule has 2 aromatic rings. The summed E-state index contributed by atoms with van der Waals surface area (Å²) in [4.78, 5) is 26.2. The van der Waals surface area contributed by atoms with Gasteiger partial charge in [0, 0.05) is 11.6 Å². The van der Waals surface area contributed by atoms with Gasteiger partial charge in [-0.25, -0.2) is 4.39 Å². The Balaban J connectivity index is 2.43. The highest BCUT2D eigenvalue weighted by Crippen LogP contribution is 2.16. The molecule has 102 valence electrons. The Morgan fingerprint density at radius 2 is 1.90 bits per heavy atom. The smallest absolute Gasteiger partial charge is 0.249 e. The number of nitrogens with one attached hydrogen (secondary N) is 2. The summed E-state index contributed by atoms with van der Waals surface area (Å²) in [6, 6.07) is 7.97. The molecule has 0 bridgehead atoms. The van der Waals surface area contributed by atoms with Crippen molar-refractivity contribution in [2.45, 2.75) is 6.92 Å². The zero-order valence-corrected chi connectivity index (χ0v) is 10.8. The lowest BCUT2D eigenvalue weighted by atomic mass is 10.0. The van der Waals surface area contributed by atoms with Crippen LogP contribution in [0.3, 0.4) is 0 Å². The van der Waals surface area contributed by atoms with Crippen LogP contribution < -0.4 is 10.9 Å². The molecule has 4 nitrogen and oxygen atoms in total. The lowest BCUT2D eigenvalue weighted by Gasteiger charge is -2.08. The maximum absolute atomic E-state index is 12.9. The minimum absolute atomic E-state index is 0.298. The third-order valence-electron chi connectivity index (χ3n) is 2.66. The van der Waals surface area contributed by atoms with E-state index < -0.39 is 5.82 Å². The van der Waals surface area contributed by atoms with Crippen molar-refractivity contribution in [3.8, 4) is 0 Å². The minimum atomic E-state index is -0.407. The molecule has 0 aliphatic heterocycles. The molecule has 0 saturated carbocycles. The van der Waals surface area contributed by atoms with E-state index in [-0.39, 0.29) is 11.3 Å². The van der Waals surface area contributed by atoms with E-state index in [1.54, 1.807) is 19.2 Å². The highest BCUT2D eigenvalue weighted by atomic mass is 19.1. The van der Waals surface area contributed by atoms with Gasteiger partial charge in [0.1, 0.15) is 11.6 Å². The zero-order chi connectivity index (χ0) is 14.5. The van der Waals surface area contributed by atoms with Crippen molar-refractivity contribution in [2.24, 2.45) is 0 Å². The number of hydrogen-bond acceptors (Lipinski definition) is 3. The van der Waals surface area contributed by atoms with Crippen molar-refractivity contribution in [2.75, 3.05) is 5.32 Å². The number of carbonyl (C=O) groups is 1. The molecule has 0 saturated heterocycles. The highest BCUT2D eigenvalue weighted by Gasteiger charge is 2.14. The van der Waals surface area contributed by atoms with Crippen LogP contribution in [0.15, 0.2) is 53.5 Å². The third kappa shape index (κ3) is 3.00. The Hall–Kier alpha value is -2.69. The van der Waals surface area contributed by atoms with Gasteiger partial charge >= 0.3 is 0 Å². The third-order valence-corrected chi connectivity index (χ3v) is 2.66. The average molecular weight is 272 g/mol. The number of hydrogen-bond donors (Lipinski definition) is 2. The number of benzene rings is 1. The standard InChI is InChI=1S/C15H13FN2O2/c1-2-9-17-15-12(7-8-13(19)18-15)14(20)10-3-5-11(16)6-4-10/h2-9H,1H3,(H2,17,18,19)/b9-2+. The van der Waals surface area contributed by atoms with Crippen molar-refractivity contribution in [3.63, 3.8) is 0 Å². The van der Waals surface area contributed by atoms with Crippen molar-refractivity contribution in [3.05, 3.63) is 76.0 Å². The van der Waals surface area contributed by atoms with Crippen LogP contribution in [0.25, 0.3) is 0 Å². The first-order valence-electron chi connectivity index (χ1n) is 6.03. The maximum Gasteiger partial charge on any atom is 0.249 e. The number of ketones is 1. The fraction of sp³-hybridized carbons (Fsp3) is 0.0667. The Bertz CT molecular complexity index is 703. The van der Waals surface area contributed by atoms with Crippen molar-refractivity contribution in [1.82, 2.24) is 4.98 Å². The van der Waals surface area contributed by atoms with E-state index in [9.17, 15) is 14.0 Å². The van der Waals surface area contributed by atoms with Gasteiger partial charge in [-0.3, -0.25) is 9.59 Å². The van der Waals surface area contributed by atoms with E-state index in [0.717, 1.165) is 0 Å². The molecule has 0 aliphatic rings. The molecule has 0 atom stereocenters. The molecule has 1 heterocycles. The first kappa shape index (κ1) is 13.7.